The summed E-state index contributed by atoms with van der Waals surface area (Å²) < 4.78 is 1.84. The van der Waals surface area contributed by atoms with Crippen LogP contribution in [0.4, 0.5) is 4.79 Å². The Hall–Kier alpha value is -2.37. The average molecular weight is 341 g/mol. The molecule has 2 unspecified atom stereocenters. The zero-order valence-corrected chi connectivity index (χ0v) is 15.2. The largest absolute Gasteiger partial charge is 0.335 e. The first-order valence-corrected chi connectivity index (χ1v) is 8.91. The number of urea groups is 1. The Morgan fingerprint density at radius 1 is 1.40 bits per heavy atom. The average Bonchev–Trinajstić information content (AvgIpc) is 3.10. The van der Waals surface area contributed by atoms with Crippen molar-refractivity contribution >= 4 is 6.03 Å². The van der Waals surface area contributed by atoms with Gasteiger partial charge in [0.05, 0.1) is 0 Å². The Kier molecular flexibility index (Phi) is 5.06. The summed E-state index contributed by atoms with van der Waals surface area (Å²) >= 11 is 0. The zero-order chi connectivity index (χ0) is 17.9. The Morgan fingerprint density at radius 2 is 2.24 bits per heavy atom. The van der Waals surface area contributed by atoms with E-state index in [-0.39, 0.29) is 12.1 Å². The molecule has 25 heavy (non-hydrogen) atoms. The number of nitrogens with zero attached hydrogens (tertiary/aromatic N) is 3. The monoisotopic (exact) mass is 341 g/mol. The summed E-state index contributed by atoms with van der Waals surface area (Å²) in [6, 6.07) is 4.02. The molecule has 1 aliphatic rings. The minimum Gasteiger partial charge on any atom is -0.335 e. The fourth-order valence-electron chi connectivity index (χ4n) is 3.67. The lowest BCUT2D eigenvalue weighted by atomic mass is 9.70. The maximum atomic E-state index is 12.3. The van der Waals surface area contributed by atoms with Crippen LogP contribution in [0.2, 0.25) is 0 Å². The van der Waals surface area contributed by atoms with Crippen molar-refractivity contribution < 1.29 is 4.79 Å². The molecule has 3 rings (SSSR count). The fraction of sp³-hybridized carbons (Fsp3) is 0.526. The van der Waals surface area contributed by atoms with Gasteiger partial charge in [0.25, 0.3) is 0 Å². The highest BCUT2D eigenvalue weighted by Crippen LogP contribution is 2.38. The number of aromatic nitrogens is 3. The van der Waals surface area contributed by atoms with Crippen LogP contribution in [0.15, 0.2) is 37.1 Å². The van der Waals surface area contributed by atoms with E-state index in [4.69, 9.17) is 0 Å². The first-order valence-electron chi connectivity index (χ1n) is 8.91. The fourth-order valence-corrected chi connectivity index (χ4v) is 3.67. The topological polar surface area (TPSA) is 71.8 Å². The van der Waals surface area contributed by atoms with E-state index in [0.717, 1.165) is 30.6 Å². The number of rotatable bonds is 4. The van der Waals surface area contributed by atoms with Crippen LogP contribution in [-0.4, -0.2) is 26.6 Å². The van der Waals surface area contributed by atoms with E-state index >= 15 is 0 Å². The number of amides is 2. The Morgan fingerprint density at radius 3 is 2.96 bits per heavy atom. The highest BCUT2D eigenvalue weighted by Gasteiger charge is 2.32. The van der Waals surface area contributed by atoms with E-state index in [0.29, 0.717) is 17.9 Å². The quantitative estimate of drug-likeness (QED) is 0.896. The van der Waals surface area contributed by atoms with Gasteiger partial charge in [-0.25, -0.2) is 14.8 Å². The summed E-state index contributed by atoms with van der Waals surface area (Å²) in [5, 5.41) is 6.10. The summed E-state index contributed by atoms with van der Waals surface area (Å²) in [5.41, 5.74) is 1.39. The van der Waals surface area contributed by atoms with Crippen molar-refractivity contribution in [2.75, 3.05) is 0 Å². The molecule has 0 bridgehead atoms. The molecule has 6 nitrogen and oxygen atoms in total. The molecule has 2 amide bonds. The SMILES string of the molecule is CC1CC(C)(C)CCC1NC(=O)NCc1ccnc(-n2ccnc2)c1. The molecule has 0 spiro atoms. The second-order valence-electron chi connectivity index (χ2n) is 7.81. The summed E-state index contributed by atoms with van der Waals surface area (Å²) in [7, 11) is 0. The highest BCUT2D eigenvalue weighted by atomic mass is 16.2. The Bertz CT molecular complexity index is 710. The maximum absolute atomic E-state index is 12.3. The van der Waals surface area contributed by atoms with Crippen molar-refractivity contribution in [1.82, 2.24) is 25.2 Å². The van der Waals surface area contributed by atoms with Gasteiger partial charge in [0.2, 0.25) is 0 Å². The van der Waals surface area contributed by atoms with Crippen LogP contribution in [0.25, 0.3) is 5.82 Å². The number of hydrogen-bond donors (Lipinski definition) is 2. The summed E-state index contributed by atoms with van der Waals surface area (Å²) in [6.07, 6.45) is 10.4. The number of imidazole rings is 1. The number of hydrogen-bond acceptors (Lipinski definition) is 3. The number of nitrogens with one attached hydrogen (secondary N) is 2. The van der Waals surface area contributed by atoms with E-state index in [9.17, 15) is 4.79 Å². The standard InChI is InChI=1S/C19H27N5O/c1-14-11-19(2,3)6-4-16(14)23-18(25)22-12-15-5-7-21-17(10-15)24-9-8-20-13-24/h5,7-10,13-14,16H,4,6,11-12H2,1-3H3,(H2,22,23,25). The molecule has 2 N–H and O–H groups in total. The van der Waals surface area contributed by atoms with Crippen LogP contribution in [0.5, 0.6) is 0 Å². The van der Waals surface area contributed by atoms with E-state index in [1.165, 1.54) is 0 Å². The second-order valence-corrected chi connectivity index (χ2v) is 7.81. The van der Waals surface area contributed by atoms with Gasteiger partial charge < -0.3 is 10.6 Å². The van der Waals surface area contributed by atoms with E-state index in [2.05, 4.69) is 41.4 Å². The number of pyridine rings is 1. The van der Waals surface area contributed by atoms with Gasteiger partial charge in [-0.1, -0.05) is 20.8 Å². The van der Waals surface area contributed by atoms with Gasteiger partial charge in [-0.15, -0.1) is 0 Å². The molecule has 1 saturated carbocycles. The molecule has 2 aromatic rings. The second kappa shape index (κ2) is 7.25. The zero-order valence-electron chi connectivity index (χ0n) is 15.2. The van der Waals surface area contributed by atoms with Crippen LogP contribution >= 0.6 is 0 Å². The molecule has 0 saturated heterocycles. The molecular formula is C19H27N5O. The lowest BCUT2D eigenvalue weighted by Crippen LogP contribution is -2.48. The van der Waals surface area contributed by atoms with Crippen LogP contribution in [0.3, 0.4) is 0 Å². The third kappa shape index (κ3) is 4.59. The molecule has 2 atom stereocenters. The molecular weight excluding hydrogens is 314 g/mol. The minimum atomic E-state index is -0.0995. The third-order valence-corrected chi connectivity index (χ3v) is 5.04. The molecule has 0 radical (unpaired) electrons. The Labute approximate surface area is 149 Å². The minimum absolute atomic E-state index is 0.0995. The molecule has 2 heterocycles. The molecule has 1 aliphatic carbocycles. The van der Waals surface area contributed by atoms with Crippen LogP contribution in [-0.2, 0) is 6.54 Å². The lowest BCUT2D eigenvalue weighted by molar-refractivity contribution is 0.149. The van der Waals surface area contributed by atoms with Gasteiger partial charge in [0.1, 0.15) is 12.1 Å². The van der Waals surface area contributed by atoms with Gasteiger partial charge in [-0.2, -0.15) is 0 Å². The molecule has 0 aromatic carbocycles. The van der Waals surface area contributed by atoms with Crippen molar-refractivity contribution in [2.45, 2.75) is 52.6 Å². The first kappa shape index (κ1) is 17.5. The third-order valence-electron chi connectivity index (χ3n) is 5.04. The Balaban J connectivity index is 1.52. The van der Waals surface area contributed by atoms with Gasteiger partial charge in [-0.05, 0) is 48.3 Å². The molecule has 6 heteroatoms. The number of carbonyl (C=O) groups is 1. The molecule has 134 valence electrons. The smallest absolute Gasteiger partial charge is 0.315 e. The van der Waals surface area contributed by atoms with E-state index < -0.39 is 0 Å². The van der Waals surface area contributed by atoms with E-state index in [1.807, 2.05) is 22.9 Å². The number of carbonyl (C=O) groups excluding carboxylic acids is 1. The van der Waals surface area contributed by atoms with Crippen molar-refractivity contribution in [1.29, 1.82) is 0 Å². The lowest BCUT2D eigenvalue weighted by Gasteiger charge is -2.39. The highest BCUT2D eigenvalue weighted by molar-refractivity contribution is 5.74. The van der Waals surface area contributed by atoms with Gasteiger partial charge in [-0.3, -0.25) is 4.57 Å². The van der Waals surface area contributed by atoms with Crippen LogP contribution < -0.4 is 10.6 Å². The van der Waals surface area contributed by atoms with Crippen molar-refractivity contribution in [3.8, 4) is 5.82 Å². The molecule has 1 fully saturated rings. The van der Waals surface area contributed by atoms with Crippen LogP contribution in [0, 0.1) is 11.3 Å². The predicted octanol–water partition coefficient (Wildman–Crippen LogP) is 3.28. The summed E-state index contributed by atoms with van der Waals surface area (Å²) in [5.74, 6) is 1.30. The maximum Gasteiger partial charge on any atom is 0.315 e. The van der Waals surface area contributed by atoms with Crippen molar-refractivity contribution in [2.24, 2.45) is 11.3 Å². The molecule has 2 aromatic heterocycles. The summed E-state index contributed by atoms with van der Waals surface area (Å²) in [6.45, 7) is 7.32. The normalized spacial score (nSPS) is 22.4. The predicted molar refractivity (Wildman–Crippen MR) is 97.3 cm³/mol. The van der Waals surface area contributed by atoms with E-state index in [1.54, 1.807) is 18.7 Å². The first-order chi connectivity index (χ1) is 11.9. The summed E-state index contributed by atoms with van der Waals surface area (Å²) in [4.78, 5) is 20.6. The van der Waals surface area contributed by atoms with Gasteiger partial charge in [0.15, 0.2) is 0 Å². The van der Waals surface area contributed by atoms with Gasteiger partial charge >= 0.3 is 6.03 Å². The van der Waals surface area contributed by atoms with Crippen molar-refractivity contribution in [3.05, 3.63) is 42.6 Å². The van der Waals surface area contributed by atoms with Crippen molar-refractivity contribution in [3.63, 3.8) is 0 Å². The molecule has 0 aliphatic heterocycles. The van der Waals surface area contributed by atoms with Crippen LogP contribution in [0.1, 0.15) is 45.6 Å². The van der Waals surface area contributed by atoms with Gasteiger partial charge in [0, 0.05) is 31.2 Å².